The maximum Gasteiger partial charge on any atom is 0.328 e. The molecule has 3 aromatic carbocycles. The van der Waals surface area contributed by atoms with Gasteiger partial charge in [-0.15, -0.1) is 0 Å². The summed E-state index contributed by atoms with van der Waals surface area (Å²) in [7, 11) is 1.94. The third-order valence-electron chi connectivity index (χ3n) is 13.6. The number of phenols is 1. The zero-order valence-electron chi connectivity index (χ0n) is 44.3. The number of nitrogens with zero attached hydrogens (tertiary/aromatic N) is 1. The number of H-pyrrole nitrogens is 1. The first-order chi connectivity index (χ1) is 38.4. The Balaban J connectivity index is 1.33. The number of aromatic amines is 1. The number of rotatable bonds is 23. The maximum absolute atomic E-state index is 14.8. The van der Waals surface area contributed by atoms with E-state index in [1.54, 1.807) is 54.7 Å². The van der Waals surface area contributed by atoms with Crippen LogP contribution in [0.4, 0.5) is 0 Å². The van der Waals surface area contributed by atoms with Gasteiger partial charge in [-0.2, -0.15) is 0 Å². The Morgan fingerprint density at radius 3 is 2.04 bits per heavy atom. The van der Waals surface area contributed by atoms with Gasteiger partial charge >= 0.3 is 5.97 Å². The van der Waals surface area contributed by atoms with Gasteiger partial charge in [0, 0.05) is 73.7 Å². The number of likely N-dealkylation sites (tertiary alicyclic amines) is 1. The van der Waals surface area contributed by atoms with Gasteiger partial charge in [-0.25, -0.2) is 4.79 Å². The van der Waals surface area contributed by atoms with Crippen molar-refractivity contribution in [2.75, 3.05) is 24.6 Å². The number of benzene rings is 3. The first-order valence-corrected chi connectivity index (χ1v) is 29.1. The molecule has 0 spiro atoms. The highest BCUT2D eigenvalue weighted by molar-refractivity contribution is 8.76. The van der Waals surface area contributed by atoms with E-state index in [9.17, 15) is 63.3 Å². The van der Waals surface area contributed by atoms with Crippen molar-refractivity contribution in [1.82, 2.24) is 47.1 Å². The van der Waals surface area contributed by atoms with Gasteiger partial charge in [0.1, 0.15) is 42.0 Å². The van der Waals surface area contributed by atoms with Gasteiger partial charge in [-0.05, 0) is 80.5 Å². The number of carbonyl (C=O) groups is 10. The Morgan fingerprint density at radius 1 is 0.713 bits per heavy atom. The predicted molar refractivity (Wildman–Crippen MR) is 299 cm³/mol. The molecule has 0 radical (unpaired) electrons. The fourth-order valence-corrected chi connectivity index (χ4v) is 11.4. The highest BCUT2D eigenvalue weighted by Gasteiger charge is 2.36. The second-order valence-electron chi connectivity index (χ2n) is 19.7. The van der Waals surface area contributed by atoms with E-state index in [1.165, 1.54) is 17.0 Å². The van der Waals surface area contributed by atoms with Gasteiger partial charge in [0.05, 0.1) is 6.10 Å². The lowest BCUT2D eigenvalue weighted by Gasteiger charge is -2.27. The Kier molecular flexibility index (Phi) is 23.7. The Labute approximate surface area is 470 Å². The van der Waals surface area contributed by atoms with Crippen molar-refractivity contribution in [3.05, 3.63) is 102 Å². The number of para-hydroxylation sites is 1. The number of carboxylic acids is 1. The highest BCUT2D eigenvalue weighted by atomic mass is 33.1. The van der Waals surface area contributed by atoms with E-state index < -0.39 is 95.7 Å². The van der Waals surface area contributed by atoms with Crippen LogP contribution in [-0.4, -0.2) is 157 Å². The third-order valence-corrected chi connectivity index (χ3v) is 16.0. The van der Waals surface area contributed by atoms with Gasteiger partial charge in [0.2, 0.25) is 53.2 Å². The van der Waals surface area contributed by atoms with Crippen LogP contribution in [0.15, 0.2) is 85.1 Å². The van der Waals surface area contributed by atoms with E-state index >= 15 is 0 Å². The molecule has 2 fully saturated rings. The summed E-state index contributed by atoms with van der Waals surface area (Å²) >= 11 is 0. The van der Waals surface area contributed by atoms with E-state index in [-0.39, 0.29) is 87.1 Å². The topological polar surface area (TPSA) is 361 Å². The molecule has 13 N–H and O–H groups in total. The van der Waals surface area contributed by atoms with E-state index in [2.05, 4.69) is 42.2 Å². The lowest BCUT2D eigenvalue weighted by atomic mass is 10.0. The van der Waals surface area contributed by atoms with E-state index in [0.717, 1.165) is 39.4 Å². The van der Waals surface area contributed by atoms with Crippen LogP contribution in [0, 0.1) is 0 Å². The molecule has 9 amide bonds. The normalized spacial score (nSPS) is 20.8. The zero-order valence-corrected chi connectivity index (χ0v) is 45.9. The number of aliphatic hydroxyl groups is 1. The summed E-state index contributed by atoms with van der Waals surface area (Å²) in [5, 5.41) is 49.7. The van der Waals surface area contributed by atoms with Gasteiger partial charge in [-0.3, -0.25) is 48.1 Å². The average molecular weight is 1140 g/mol. The molecule has 0 saturated carbocycles. The van der Waals surface area contributed by atoms with Gasteiger partial charge < -0.3 is 63.3 Å². The second kappa shape index (κ2) is 30.8. The number of nitrogens with one attached hydrogen (secondary N) is 8. The van der Waals surface area contributed by atoms with E-state index in [1.807, 2.05) is 18.2 Å². The monoisotopic (exact) mass is 1140 g/mol. The summed E-state index contributed by atoms with van der Waals surface area (Å²) in [6, 6.07) is 11.8. The number of hydrogen-bond donors (Lipinski definition) is 12. The third kappa shape index (κ3) is 18.6. The molecular weight excluding hydrogens is 1070 g/mol. The van der Waals surface area contributed by atoms with Crippen LogP contribution < -0.4 is 43.0 Å². The predicted octanol–water partition coefficient (Wildman–Crippen LogP) is 0.994. The van der Waals surface area contributed by atoms with Crippen LogP contribution in [-0.2, 0) is 67.2 Å². The quantitative estimate of drug-likeness (QED) is 0.0280. The minimum Gasteiger partial charge on any atom is -0.508 e. The van der Waals surface area contributed by atoms with Gasteiger partial charge in [-0.1, -0.05) is 88.7 Å². The molecule has 0 bridgehead atoms. The molecule has 25 heteroatoms. The summed E-state index contributed by atoms with van der Waals surface area (Å²) in [5.41, 5.74) is 8.30. The molecule has 2 aliphatic heterocycles. The first kappa shape index (κ1) is 61.7. The molecule has 3 heterocycles. The fourth-order valence-electron chi connectivity index (χ4n) is 9.10. The molecule has 8 atom stereocenters. The molecule has 23 nitrogen and oxygen atoms in total. The molecule has 4 aromatic rings. The number of carbonyl (C=O) groups excluding carboxylic acids is 9. The number of aromatic hydroxyl groups is 1. The Morgan fingerprint density at radius 2 is 1.35 bits per heavy atom. The van der Waals surface area contributed by atoms with Crippen LogP contribution in [0.3, 0.4) is 0 Å². The minimum atomic E-state index is -1.78. The van der Waals surface area contributed by atoms with Crippen molar-refractivity contribution in [1.29, 1.82) is 0 Å². The number of fused-ring (bicyclic) bond motifs is 1. The fraction of sp³-hybridized carbons (Fsp3) is 0.455. The number of imide groups is 1. The molecule has 2 aliphatic rings. The van der Waals surface area contributed by atoms with Crippen molar-refractivity contribution in [3.63, 3.8) is 0 Å². The number of aromatic nitrogens is 1. The summed E-state index contributed by atoms with van der Waals surface area (Å²) in [4.78, 5) is 141. The number of phenolic OH excluding ortho intramolecular Hbond substituents is 1. The first-order valence-electron chi connectivity index (χ1n) is 26.6. The number of aliphatic carboxylic acids is 1. The largest absolute Gasteiger partial charge is 0.508 e. The maximum atomic E-state index is 14.8. The van der Waals surface area contributed by atoms with Crippen LogP contribution in [0.1, 0.15) is 81.4 Å². The second-order valence-corrected chi connectivity index (χ2v) is 22.3. The number of nitrogens with two attached hydrogens (primary N) is 1. The number of aliphatic hydroxyl groups excluding tert-OH is 1. The number of carboxylic acid groups (broad SMARTS) is 1. The molecule has 4 unspecified atom stereocenters. The number of amides is 9. The summed E-state index contributed by atoms with van der Waals surface area (Å²) < 4.78 is 0. The molecule has 80 heavy (non-hydrogen) atoms. The van der Waals surface area contributed by atoms with E-state index in [4.69, 9.17) is 5.73 Å². The number of unbranched alkanes of at least 4 members (excludes halogenated alkanes) is 3. The lowest BCUT2D eigenvalue weighted by molar-refractivity contribution is -0.145. The minimum absolute atomic E-state index is 0.00555. The molecule has 1 aromatic heterocycles. The SMILES string of the molecule is C[C@@H](O)[C@H](NC(=O)C1CSSCC(NC(=O)[C@@H](Cc2ccccc2)NC(=O)CCCCCN2C(=O)CCC2=O)C(=O)NC(Cc2ccc(O)cc2)C(=O)N[C@H](Cc2c[nH]c3ccccc23)C(=O)NC(CCCCN)C(=O)N1)C(=O)O. The van der Waals surface area contributed by atoms with Crippen molar-refractivity contribution < 1.29 is 63.3 Å². The van der Waals surface area contributed by atoms with Crippen LogP contribution in [0.5, 0.6) is 5.75 Å². The van der Waals surface area contributed by atoms with Crippen molar-refractivity contribution in [3.8, 4) is 5.75 Å². The molecule has 2 saturated heterocycles. The van der Waals surface area contributed by atoms with Crippen molar-refractivity contribution >= 4 is 91.6 Å². The van der Waals surface area contributed by atoms with Gasteiger partial charge in [0.25, 0.3) is 0 Å². The smallest absolute Gasteiger partial charge is 0.328 e. The molecule has 6 rings (SSSR count). The zero-order chi connectivity index (χ0) is 57.7. The van der Waals surface area contributed by atoms with Crippen LogP contribution in [0.2, 0.25) is 0 Å². The number of hydrogen-bond acceptors (Lipinski definition) is 15. The highest BCUT2D eigenvalue weighted by Crippen LogP contribution is 2.25. The summed E-state index contributed by atoms with van der Waals surface area (Å²) in [6.45, 7) is 1.66. The van der Waals surface area contributed by atoms with Crippen molar-refractivity contribution in [2.45, 2.75) is 132 Å². The van der Waals surface area contributed by atoms with Gasteiger partial charge in [0.15, 0.2) is 6.04 Å². The van der Waals surface area contributed by atoms with E-state index in [0.29, 0.717) is 48.8 Å². The average Bonchev–Trinajstić information content (AvgIpc) is 3.99. The summed E-state index contributed by atoms with van der Waals surface area (Å²) in [5.74, 6) is -8.20. The molecular formula is C55H70N10O13S2. The summed E-state index contributed by atoms with van der Waals surface area (Å²) in [6.07, 6.45) is 2.34. The van der Waals surface area contributed by atoms with Crippen LogP contribution >= 0.6 is 21.6 Å². The van der Waals surface area contributed by atoms with Crippen molar-refractivity contribution in [2.24, 2.45) is 5.73 Å². The Bertz CT molecular complexity index is 2800. The molecule has 0 aliphatic carbocycles. The standard InChI is InChI=1S/C55H70N10O13S2/c1-32(66)48(55(77)78)64-54(76)44-31-80-79-30-43(63-50(72)40(26-33-12-4-2-5-13-33)58-45(68)17-6-3-11-25-65-46(69)22-23-47(65)70)53(75)60-41(27-34-18-20-36(67)21-19-34)51(73)61-42(28-35-29-57-38-15-8-7-14-37(35)38)52(74)59-39(49(71)62-44)16-9-10-24-56/h2,4-5,7-8,12-15,18-21,29,32,39-44,48,57,66-67H,3,6,9-11,16-17,22-28,30-31,56H2,1H3,(H,58,68)(H,59,74)(H,60,75)(H,61,73)(H,62,71)(H,63,72)(H,64,76)(H,77,78)/t32-,39?,40-,41?,42-,43?,44?,48+/m1/s1. The van der Waals surface area contributed by atoms with Crippen LogP contribution in [0.25, 0.3) is 10.9 Å². The molecule has 430 valence electrons. The Hall–Kier alpha value is -7.48. The lowest BCUT2D eigenvalue weighted by Crippen LogP contribution is -2.61.